The van der Waals surface area contributed by atoms with E-state index in [0.29, 0.717) is 18.5 Å². The highest BCUT2D eigenvalue weighted by Gasteiger charge is 2.20. The van der Waals surface area contributed by atoms with Crippen molar-refractivity contribution in [2.75, 3.05) is 13.7 Å². The summed E-state index contributed by atoms with van der Waals surface area (Å²) in [7, 11) is 1.68. The molecule has 0 radical (unpaired) electrons. The molecule has 3 rings (SSSR count). The Morgan fingerprint density at radius 3 is 2.90 bits per heavy atom. The van der Waals surface area contributed by atoms with Crippen molar-refractivity contribution in [2.45, 2.75) is 38.5 Å². The number of nitrogens with zero attached hydrogens (tertiary/aromatic N) is 1. The van der Waals surface area contributed by atoms with Gasteiger partial charge in [0.05, 0.1) is 12.1 Å². The molecule has 21 heavy (non-hydrogen) atoms. The molecule has 0 saturated heterocycles. The predicted molar refractivity (Wildman–Crippen MR) is 83.6 cm³/mol. The van der Waals surface area contributed by atoms with Crippen molar-refractivity contribution in [3.8, 4) is 5.88 Å². The zero-order valence-electron chi connectivity index (χ0n) is 12.6. The number of aromatic nitrogens is 1. The van der Waals surface area contributed by atoms with E-state index in [1.807, 2.05) is 25.1 Å². The molecular weight excluding hydrogens is 264 g/mol. The summed E-state index contributed by atoms with van der Waals surface area (Å²) < 4.78 is 11.0. The van der Waals surface area contributed by atoms with E-state index in [-0.39, 0.29) is 6.10 Å². The molecule has 1 aromatic heterocycles. The fourth-order valence-corrected chi connectivity index (χ4v) is 2.44. The van der Waals surface area contributed by atoms with Crippen LogP contribution in [-0.4, -0.2) is 30.8 Å². The molecule has 0 spiro atoms. The van der Waals surface area contributed by atoms with Crippen LogP contribution in [0.4, 0.5) is 0 Å². The van der Waals surface area contributed by atoms with Gasteiger partial charge in [-0.1, -0.05) is 18.2 Å². The van der Waals surface area contributed by atoms with Crippen LogP contribution < -0.4 is 10.1 Å². The van der Waals surface area contributed by atoms with Crippen LogP contribution in [0.15, 0.2) is 30.3 Å². The monoisotopic (exact) mass is 286 g/mol. The second-order valence-corrected chi connectivity index (χ2v) is 5.68. The van der Waals surface area contributed by atoms with E-state index in [2.05, 4.69) is 22.4 Å². The van der Waals surface area contributed by atoms with Gasteiger partial charge in [0.15, 0.2) is 0 Å². The summed E-state index contributed by atoms with van der Waals surface area (Å²) >= 11 is 0. The van der Waals surface area contributed by atoms with Crippen molar-refractivity contribution in [1.82, 2.24) is 10.3 Å². The summed E-state index contributed by atoms with van der Waals surface area (Å²) in [6.45, 7) is 3.41. The van der Waals surface area contributed by atoms with Gasteiger partial charge in [-0.25, -0.2) is 4.98 Å². The zero-order chi connectivity index (χ0) is 14.7. The number of hydrogen-bond acceptors (Lipinski definition) is 4. The number of ether oxygens (including phenoxy) is 2. The van der Waals surface area contributed by atoms with Gasteiger partial charge in [0.2, 0.25) is 5.88 Å². The van der Waals surface area contributed by atoms with Crippen LogP contribution in [0.3, 0.4) is 0 Å². The van der Waals surface area contributed by atoms with E-state index >= 15 is 0 Å². The van der Waals surface area contributed by atoms with E-state index in [0.717, 1.165) is 12.1 Å². The van der Waals surface area contributed by atoms with Crippen molar-refractivity contribution < 1.29 is 9.47 Å². The first-order chi connectivity index (χ1) is 10.3. The Bertz CT molecular complexity index is 611. The highest BCUT2D eigenvalue weighted by atomic mass is 16.5. The molecule has 1 aliphatic rings. The summed E-state index contributed by atoms with van der Waals surface area (Å²) in [5, 5.41) is 4.75. The van der Waals surface area contributed by atoms with E-state index in [1.54, 1.807) is 7.11 Å². The number of hydrogen-bond donors (Lipinski definition) is 1. The summed E-state index contributed by atoms with van der Waals surface area (Å²) in [5.74, 6) is 0.672. The van der Waals surface area contributed by atoms with Crippen LogP contribution in [0.1, 0.15) is 25.3 Å². The fourth-order valence-electron chi connectivity index (χ4n) is 2.44. The fraction of sp³-hybridized carbons (Fsp3) is 0.471. The van der Waals surface area contributed by atoms with Gasteiger partial charge in [-0.2, -0.15) is 0 Å². The largest absolute Gasteiger partial charge is 0.472 e. The first-order valence-corrected chi connectivity index (χ1v) is 7.54. The lowest BCUT2D eigenvalue weighted by Crippen LogP contribution is -2.19. The molecule has 1 aromatic carbocycles. The third-order valence-corrected chi connectivity index (χ3v) is 3.66. The van der Waals surface area contributed by atoms with E-state index in [1.165, 1.54) is 23.8 Å². The Balaban J connectivity index is 1.85. The molecule has 0 bridgehead atoms. The first-order valence-electron chi connectivity index (χ1n) is 7.54. The lowest BCUT2D eigenvalue weighted by Gasteiger charge is -2.15. The molecule has 1 N–H and O–H groups in total. The molecule has 4 heteroatoms. The van der Waals surface area contributed by atoms with Crippen molar-refractivity contribution in [3.05, 3.63) is 35.9 Å². The van der Waals surface area contributed by atoms with Crippen LogP contribution in [-0.2, 0) is 11.3 Å². The maximum atomic E-state index is 5.86. The topological polar surface area (TPSA) is 43.4 Å². The number of benzene rings is 1. The molecule has 1 saturated carbocycles. The second kappa shape index (κ2) is 6.41. The van der Waals surface area contributed by atoms with Crippen LogP contribution in [0.2, 0.25) is 0 Å². The van der Waals surface area contributed by atoms with Gasteiger partial charge < -0.3 is 14.8 Å². The number of para-hydroxylation sites is 1. The number of rotatable bonds is 7. The summed E-state index contributed by atoms with van der Waals surface area (Å²) in [6, 6.07) is 10.9. The average Bonchev–Trinajstić information content (AvgIpc) is 3.29. The molecule has 0 amide bonds. The molecule has 2 aromatic rings. The molecule has 1 heterocycles. The number of pyridine rings is 1. The van der Waals surface area contributed by atoms with Gasteiger partial charge in [-0.15, -0.1) is 0 Å². The lowest BCUT2D eigenvalue weighted by molar-refractivity contribution is 0.0891. The molecule has 112 valence electrons. The Kier molecular flexibility index (Phi) is 4.36. The SMILES string of the molecule is COCC(C)Oc1cc(CNC2CC2)c2ccccc2n1. The smallest absolute Gasteiger partial charge is 0.214 e. The Labute approximate surface area is 125 Å². The number of methoxy groups -OCH3 is 1. The van der Waals surface area contributed by atoms with Crippen LogP contribution in [0, 0.1) is 0 Å². The van der Waals surface area contributed by atoms with Crippen molar-refractivity contribution in [1.29, 1.82) is 0 Å². The molecule has 1 unspecified atom stereocenters. The van der Waals surface area contributed by atoms with Gasteiger partial charge >= 0.3 is 0 Å². The summed E-state index contributed by atoms with van der Waals surface area (Å²) in [5.41, 5.74) is 2.22. The van der Waals surface area contributed by atoms with E-state index in [4.69, 9.17) is 9.47 Å². The standard InChI is InChI=1S/C17H22N2O2/c1-12(11-20-2)21-17-9-13(10-18-14-7-8-14)15-5-3-4-6-16(15)19-17/h3-6,9,12,14,18H,7-8,10-11H2,1-2H3. The molecule has 1 aliphatic carbocycles. The minimum atomic E-state index is -0.00657. The average molecular weight is 286 g/mol. The van der Waals surface area contributed by atoms with Gasteiger partial charge in [0.25, 0.3) is 0 Å². The summed E-state index contributed by atoms with van der Waals surface area (Å²) in [6.07, 6.45) is 2.57. The molecule has 4 nitrogen and oxygen atoms in total. The molecule has 1 atom stereocenters. The Hall–Kier alpha value is -1.65. The highest BCUT2D eigenvalue weighted by molar-refractivity contribution is 5.82. The molecule has 0 aliphatic heterocycles. The zero-order valence-corrected chi connectivity index (χ0v) is 12.6. The minimum absolute atomic E-state index is 0.00657. The van der Waals surface area contributed by atoms with Crippen molar-refractivity contribution >= 4 is 10.9 Å². The highest BCUT2D eigenvalue weighted by Crippen LogP contribution is 2.25. The predicted octanol–water partition coefficient (Wildman–Crippen LogP) is 2.90. The normalized spacial score (nSPS) is 16.1. The van der Waals surface area contributed by atoms with Crippen molar-refractivity contribution in [3.63, 3.8) is 0 Å². The minimum Gasteiger partial charge on any atom is -0.472 e. The van der Waals surface area contributed by atoms with Gasteiger partial charge in [-0.05, 0) is 31.4 Å². The quantitative estimate of drug-likeness (QED) is 0.850. The van der Waals surface area contributed by atoms with Crippen LogP contribution in [0.5, 0.6) is 5.88 Å². The third-order valence-electron chi connectivity index (χ3n) is 3.66. The number of fused-ring (bicyclic) bond motifs is 1. The second-order valence-electron chi connectivity index (χ2n) is 5.68. The lowest BCUT2D eigenvalue weighted by atomic mass is 10.1. The Morgan fingerprint density at radius 1 is 1.33 bits per heavy atom. The summed E-state index contributed by atoms with van der Waals surface area (Å²) in [4.78, 5) is 4.60. The third kappa shape index (κ3) is 3.71. The van der Waals surface area contributed by atoms with Gasteiger partial charge in [0, 0.05) is 31.1 Å². The van der Waals surface area contributed by atoms with E-state index in [9.17, 15) is 0 Å². The van der Waals surface area contributed by atoms with Crippen LogP contribution in [0.25, 0.3) is 10.9 Å². The van der Waals surface area contributed by atoms with Gasteiger partial charge in [0.1, 0.15) is 6.10 Å². The van der Waals surface area contributed by atoms with Crippen LogP contribution >= 0.6 is 0 Å². The van der Waals surface area contributed by atoms with Gasteiger partial charge in [-0.3, -0.25) is 0 Å². The molecule has 1 fully saturated rings. The maximum Gasteiger partial charge on any atom is 0.214 e. The van der Waals surface area contributed by atoms with E-state index < -0.39 is 0 Å². The first kappa shape index (κ1) is 14.3. The maximum absolute atomic E-state index is 5.86. The molecular formula is C17H22N2O2. The van der Waals surface area contributed by atoms with Crippen molar-refractivity contribution in [2.24, 2.45) is 0 Å². The Morgan fingerprint density at radius 2 is 2.14 bits per heavy atom. The number of nitrogens with one attached hydrogen (secondary N) is 1.